The van der Waals surface area contributed by atoms with Crippen LogP contribution in [-0.2, 0) is 6.54 Å². The van der Waals surface area contributed by atoms with Gasteiger partial charge in [0.1, 0.15) is 4.83 Å². The molecule has 0 aliphatic heterocycles. The van der Waals surface area contributed by atoms with Crippen LogP contribution >= 0.6 is 23.1 Å². The minimum atomic E-state index is -0.357. The number of aryl methyl sites for hydroxylation is 4. The van der Waals surface area contributed by atoms with Crippen LogP contribution < -0.4 is 5.56 Å². The first kappa shape index (κ1) is 20.6. The van der Waals surface area contributed by atoms with Gasteiger partial charge in [0, 0.05) is 17.0 Å². The van der Waals surface area contributed by atoms with Crippen LogP contribution in [0.4, 0.5) is 0 Å². The van der Waals surface area contributed by atoms with Gasteiger partial charge in [0.2, 0.25) is 0 Å². The monoisotopic (exact) mass is 412 g/mol. The number of nitrogens with zero attached hydrogens (tertiary/aromatic N) is 2. The molecule has 0 saturated heterocycles. The summed E-state index contributed by atoms with van der Waals surface area (Å²) in [5.74, 6) is 0.0335. The van der Waals surface area contributed by atoms with Crippen molar-refractivity contribution in [2.75, 3.05) is 0 Å². The summed E-state index contributed by atoms with van der Waals surface area (Å²) >= 11 is 2.85. The van der Waals surface area contributed by atoms with E-state index in [2.05, 4.69) is 6.58 Å². The average Bonchev–Trinajstić information content (AvgIpc) is 2.94. The van der Waals surface area contributed by atoms with E-state index in [4.69, 9.17) is 4.98 Å². The van der Waals surface area contributed by atoms with E-state index in [9.17, 15) is 9.59 Å². The van der Waals surface area contributed by atoms with Crippen molar-refractivity contribution in [3.8, 4) is 0 Å². The predicted octanol–water partition coefficient (Wildman–Crippen LogP) is 5.24. The summed E-state index contributed by atoms with van der Waals surface area (Å²) in [4.78, 5) is 32.5. The molecule has 0 spiro atoms. The Kier molecular flexibility index (Phi) is 5.91. The maximum Gasteiger partial charge on any atom is 0.263 e. The molecule has 1 atom stereocenters. The van der Waals surface area contributed by atoms with Crippen LogP contribution in [-0.4, -0.2) is 20.6 Å². The van der Waals surface area contributed by atoms with E-state index in [0.29, 0.717) is 22.7 Å². The van der Waals surface area contributed by atoms with Crippen LogP contribution in [0.3, 0.4) is 0 Å². The summed E-state index contributed by atoms with van der Waals surface area (Å²) < 4.78 is 1.61. The number of hydrogen-bond acceptors (Lipinski definition) is 5. The summed E-state index contributed by atoms with van der Waals surface area (Å²) in [7, 11) is 0. The van der Waals surface area contributed by atoms with Crippen LogP contribution in [0, 0.1) is 27.7 Å². The molecule has 2 heterocycles. The number of fused-ring (bicyclic) bond motifs is 1. The number of allylic oxidation sites excluding steroid dienone is 1. The smallest absolute Gasteiger partial charge is 0.263 e. The first-order chi connectivity index (χ1) is 13.2. The highest BCUT2D eigenvalue weighted by Gasteiger charge is 2.22. The molecular weight excluding hydrogens is 388 g/mol. The van der Waals surface area contributed by atoms with Crippen molar-refractivity contribution in [3.05, 3.63) is 68.3 Å². The fourth-order valence-corrected chi connectivity index (χ4v) is 5.10. The van der Waals surface area contributed by atoms with Gasteiger partial charge in [0.15, 0.2) is 10.9 Å². The van der Waals surface area contributed by atoms with E-state index in [1.807, 2.05) is 52.8 Å². The van der Waals surface area contributed by atoms with Crippen LogP contribution in [0.25, 0.3) is 10.2 Å². The lowest BCUT2D eigenvalue weighted by Gasteiger charge is -2.15. The first-order valence-corrected chi connectivity index (χ1v) is 10.8. The Bertz CT molecular complexity index is 1140. The molecule has 0 bridgehead atoms. The maximum absolute atomic E-state index is 13.1. The third-order valence-corrected chi connectivity index (χ3v) is 7.20. The molecule has 1 aromatic carbocycles. The van der Waals surface area contributed by atoms with Crippen molar-refractivity contribution in [2.24, 2.45) is 0 Å². The molecule has 0 N–H and O–H groups in total. The number of hydrogen-bond donors (Lipinski definition) is 0. The minimum absolute atomic E-state index is 0.0335. The molecule has 0 amide bonds. The molecule has 3 rings (SSSR count). The quantitative estimate of drug-likeness (QED) is 0.240. The van der Waals surface area contributed by atoms with E-state index >= 15 is 0 Å². The zero-order valence-corrected chi connectivity index (χ0v) is 18.5. The van der Waals surface area contributed by atoms with Crippen LogP contribution in [0.5, 0.6) is 0 Å². The zero-order valence-electron chi connectivity index (χ0n) is 16.8. The lowest BCUT2D eigenvalue weighted by atomic mass is 10.0. The van der Waals surface area contributed by atoms with E-state index < -0.39 is 0 Å². The zero-order chi connectivity index (χ0) is 20.6. The topological polar surface area (TPSA) is 52.0 Å². The van der Waals surface area contributed by atoms with Crippen molar-refractivity contribution >= 4 is 39.1 Å². The number of Topliss-reactive ketones (excluding diaryl/α,β-unsaturated/α-hetero) is 1. The molecule has 6 heteroatoms. The lowest BCUT2D eigenvalue weighted by Crippen LogP contribution is -2.24. The first-order valence-electron chi connectivity index (χ1n) is 9.14. The van der Waals surface area contributed by atoms with Gasteiger partial charge in [-0.2, -0.15) is 0 Å². The number of thioether (sulfide) groups is 1. The van der Waals surface area contributed by atoms with Gasteiger partial charge in [0.05, 0.1) is 10.6 Å². The molecule has 0 aliphatic rings. The maximum atomic E-state index is 13.1. The Morgan fingerprint density at radius 2 is 2.00 bits per heavy atom. The lowest BCUT2D eigenvalue weighted by molar-refractivity contribution is 0.0993. The number of benzene rings is 1. The number of ketones is 1. The van der Waals surface area contributed by atoms with Gasteiger partial charge < -0.3 is 0 Å². The molecule has 0 unspecified atom stereocenters. The van der Waals surface area contributed by atoms with Crippen molar-refractivity contribution in [2.45, 2.75) is 51.6 Å². The summed E-state index contributed by atoms with van der Waals surface area (Å²) in [5, 5.41) is 0.870. The normalized spacial score (nSPS) is 12.3. The van der Waals surface area contributed by atoms with E-state index in [-0.39, 0.29) is 16.6 Å². The number of aromatic nitrogens is 2. The Labute approximate surface area is 173 Å². The number of thiophene rings is 1. The molecule has 0 fully saturated rings. The van der Waals surface area contributed by atoms with Crippen molar-refractivity contribution < 1.29 is 4.79 Å². The highest BCUT2D eigenvalue weighted by atomic mass is 32.2. The molecule has 3 aromatic rings. The second-order valence-electron chi connectivity index (χ2n) is 6.99. The Morgan fingerprint density at radius 1 is 1.29 bits per heavy atom. The third-order valence-electron chi connectivity index (χ3n) is 5.01. The van der Waals surface area contributed by atoms with Crippen LogP contribution in [0.15, 0.2) is 40.8 Å². The molecule has 0 saturated carbocycles. The molecule has 146 valence electrons. The third kappa shape index (κ3) is 3.71. The number of carbonyl (C=O) groups is 1. The second kappa shape index (κ2) is 8.05. The fourth-order valence-electron chi connectivity index (χ4n) is 3.03. The van der Waals surface area contributed by atoms with Gasteiger partial charge >= 0.3 is 0 Å². The second-order valence-corrected chi connectivity index (χ2v) is 9.50. The SMILES string of the molecule is C=CCn1c(S[C@@H](C)C(=O)c2ccc(C)c(C)c2)nc2sc(C)c(C)c2c1=O. The number of rotatable bonds is 6. The Hall–Kier alpha value is -2.18. The molecule has 2 aromatic heterocycles. The van der Waals surface area contributed by atoms with E-state index in [0.717, 1.165) is 26.4 Å². The van der Waals surface area contributed by atoms with Gasteiger partial charge in [-0.05, 0) is 57.4 Å². The van der Waals surface area contributed by atoms with Gasteiger partial charge in [0.25, 0.3) is 5.56 Å². The summed E-state index contributed by atoms with van der Waals surface area (Å²) in [6, 6.07) is 5.75. The molecule has 0 aliphatic carbocycles. The fraction of sp³-hybridized carbons (Fsp3) is 0.318. The Balaban J connectivity index is 2.01. The summed E-state index contributed by atoms with van der Waals surface area (Å²) in [5.41, 5.74) is 3.85. The highest BCUT2D eigenvalue weighted by molar-refractivity contribution is 8.00. The molecular formula is C22H24N2O2S2. The Morgan fingerprint density at radius 3 is 2.64 bits per heavy atom. The minimum Gasteiger partial charge on any atom is -0.293 e. The van der Waals surface area contributed by atoms with Crippen molar-refractivity contribution in [1.29, 1.82) is 0 Å². The predicted molar refractivity (Wildman–Crippen MR) is 119 cm³/mol. The van der Waals surface area contributed by atoms with Crippen molar-refractivity contribution in [1.82, 2.24) is 9.55 Å². The van der Waals surface area contributed by atoms with Crippen molar-refractivity contribution in [3.63, 3.8) is 0 Å². The van der Waals surface area contributed by atoms with Crippen LogP contribution in [0.1, 0.15) is 38.8 Å². The van der Waals surface area contributed by atoms with Gasteiger partial charge in [-0.3, -0.25) is 14.2 Å². The largest absolute Gasteiger partial charge is 0.293 e. The van der Waals surface area contributed by atoms with Gasteiger partial charge in [-0.25, -0.2) is 4.98 Å². The van der Waals surface area contributed by atoms with Gasteiger partial charge in [-0.15, -0.1) is 17.9 Å². The van der Waals surface area contributed by atoms with Gasteiger partial charge in [-0.1, -0.05) is 30.0 Å². The summed E-state index contributed by atoms with van der Waals surface area (Å²) in [6.07, 6.45) is 1.68. The number of carbonyl (C=O) groups excluding carboxylic acids is 1. The highest BCUT2D eigenvalue weighted by Crippen LogP contribution is 2.30. The molecule has 0 radical (unpaired) electrons. The summed E-state index contributed by atoms with van der Waals surface area (Å²) in [6.45, 7) is 14.0. The molecule has 4 nitrogen and oxygen atoms in total. The average molecular weight is 413 g/mol. The molecule has 28 heavy (non-hydrogen) atoms. The standard InChI is InChI=1S/C22H24N2O2S2/c1-7-10-24-21(26)18-14(4)15(5)27-20(18)23-22(24)28-16(6)19(25)17-9-8-12(2)13(3)11-17/h7-9,11,16H,1,10H2,2-6H3/t16-/m0/s1. The van der Waals surface area contributed by atoms with E-state index in [1.165, 1.54) is 23.1 Å². The van der Waals surface area contributed by atoms with Crippen LogP contribution in [0.2, 0.25) is 0 Å². The van der Waals surface area contributed by atoms with E-state index in [1.54, 1.807) is 10.6 Å².